The second-order valence-electron chi connectivity index (χ2n) is 4.13. The number of hydrogen-bond donors (Lipinski definition) is 1. The number of piperazine rings is 1. The Morgan fingerprint density at radius 2 is 2.21 bits per heavy atom. The Labute approximate surface area is 86.2 Å². The summed E-state index contributed by atoms with van der Waals surface area (Å²) >= 11 is 0. The number of hydrogen-bond acceptors (Lipinski definition) is 3. The molecule has 4 heteroatoms. The number of nitrogens with zero attached hydrogens (tertiary/aromatic N) is 2. The summed E-state index contributed by atoms with van der Waals surface area (Å²) in [5, 5.41) is 3.15. The maximum Gasteiger partial charge on any atom is 0.239 e. The van der Waals surface area contributed by atoms with Crippen LogP contribution in [0.3, 0.4) is 0 Å². The van der Waals surface area contributed by atoms with Crippen LogP contribution in [0.5, 0.6) is 0 Å². The summed E-state index contributed by atoms with van der Waals surface area (Å²) < 4.78 is 0. The van der Waals surface area contributed by atoms with E-state index in [1.165, 1.54) is 0 Å². The Balaban J connectivity index is 2.51. The van der Waals surface area contributed by atoms with Crippen LogP contribution in [0.1, 0.15) is 13.8 Å². The fourth-order valence-corrected chi connectivity index (χ4v) is 1.64. The van der Waals surface area contributed by atoms with Crippen LogP contribution in [0, 0.1) is 0 Å². The standard InChI is InChI=1S/C10H21N3O/c1-8(11-3)7-13-6-5-12(4)9(2)10(13)14/h8-9,11H,5-7H2,1-4H3. The molecular formula is C10H21N3O. The van der Waals surface area contributed by atoms with Crippen LogP contribution >= 0.6 is 0 Å². The molecule has 0 aromatic rings. The first-order chi connectivity index (χ1) is 6.56. The molecule has 82 valence electrons. The van der Waals surface area contributed by atoms with Gasteiger partial charge in [0.05, 0.1) is 6.04 Å². The van der Waals surface area contributed by atoms with Crippen molar-refractivity contribution in [2.24, 2.45) is 0 Å². The number of nitrogens with one attached hydrogen (secondary N) is 1. The summed E-state index contributed by atoms with van der Waals surface area (Å²) in [6, 6.07) is 0.405. The maximum atomic E-state index is 11.8. The lowest BCUT2D eigenvalue weighted by atomic mass is 10.1. The molecule has 4 nitrogen and oxygen atoms in total. The van der Waals surface area contributed by atoms with Crippen molar-refractivity contribution in [3.8, 4) is 0 Å². The summed E-state index contributed by atoms with van der Waals surface area (Å²) in [6.45, 7) is 6.71. The Morgan fingerprint density at radius 1 is 1.57 bits per heavy atom. The highest BCUT2D eigenvalue weighted by atomic mass is 16.2. The molecule has 2 unspecified atom stereocenters. The minimum atomic E-state index is 0.0350. The Kier molecular flexibility index (Phi) is 3.89. The minimum Gasteiger partial charge on any atom is -0.339 e. The monoisotopic (exact) mass is 199 g/mol. The van der Waals surface area contributed by atoms with E-state index < -0.39 is 0 Å². The van der Waals surface area contributed by atoms with Crippen molar-refractivity contribution in [3.63, 3.8) is 0 Å². The summed E-state index contributed by atoms with van der Waals surface area (Å²) in [5.74, 6) is 0.251. The molecule has 1 rings (SSSR count). The molecule has 1 aliphatic rings. The smallest absolute Gasteiger partial charge is 0.239 e. The van der Waals surface area contributed by atoms with E-state index in [0.717, 1.165) is 19.6 Å². The molecule has 0 aliphatic carbocycles. The van der Waals surface area contributed by atoms with E-state index in [9.17, 15) is 4.79 Å². The SMILES string of the molecule is CNC(C)CN1CCN(C)C(C)C1=O. The largest absolute Gasteiger partial charge is 0.339 e. The fourth-order valence-electron chi connectivity index (χ4n) is 1.64. The molecule has 14 heavy (non-hydrogen) atoms. The predicted molar refractivity (Wildman–Crippen MR) is 57.2 cm³/mol. The highest BCUT2D eigenvalue weighted by Crippen LogP contribution is 2.08. The van der Waals surface area contributed by atoms with Gasteiger partial charge in [-0.2, -0.15) is 0 Å². The second kappa shape index (κ2) is 4.75. The van der Waals surface area contributed by atoms with Crippen LogP contribution in [-0.2, 0) is 4.79 Å². The van der Waals surface area contributed by atoms with Gasteiger partial charge in [-0.05, 0) is 27.9 Å². The topological polar surface area (TPSA) is 35.6 Å². The first kappa shape index (κ1) is 11.5. The molecule has 1 heterocycles. The molecule has 1 fully saturated rings. The van der Waals surface area contributed by atoms with E-state index in [1.807, 2.05) is 25.9 Å². The lowest BCUT2D eigenvalue weighted by molar-refractivity contribution is -0.140. The van der Waals surface area contributed by atoms with Gasteiger partial charge in [-0.3, -0.25) is 9.69 Å². The van der Waals surface area contributed by atoms with Gasteiger partial charge in [-0.1, -0.05) is 0 Å². The molecule has 1 saturated heterocycles. The van der Waals surface area contributed by atoms with Crippen molar-refractivity contribution >= 4 is 5.91 Å². The van der Waals surface area contributed by atoms with E-state index in [2.05, 4.69) is 17.1 Å². The molecule has 1 N–H and O–H groups in total. The molecule has 0 aromatic carbocycles. The lowest BCUT2D eigenvalue weighted by Crippen LogP contribution is -2.56. The van der Waals surface area contributed by atoms with Crippen molar-refractivity contribution in [2.75, 3.05) is 33.7 Å². The van der Waals surface area contributed by atoms with Crippen molar-refractivity contribution in [2.45, 2.75) is 25.9 Å². The van der Waals surface area contributed by atoms with Gasteiger partial charge in [0.25, 0.3) is 0 Å². The van der Waals surface area contributed by atoms with E-state index in [4.69, 9.17) is 0 Å². The number of likely N-dealkylation sites (N-methyl/N-ethyl adjacent to an activating group) is 2. The van der Waals surface area contributed by atoms with Gasteiger partial charge in [-0.15, -0.1) is 0 Å². The average molecular weight is 199 g/mol. The zero-order valence-corrected chi connectivity index (χ0v) is 9.58. The molecule has 1 amide bonds. The fraction of sp³-hybridized carbons (Fsp3) is 0.900. The van der Waals surface area contributed by atoms with Gasteiger partial charge < -0.3 is 10.2 Å². The maximum absolute atomic E-state index is 11.8. The van der Waals surface area contributed by atoms with Gasteiger partial charge in [0.15, 0.2) is 0 Å². The quantitative estimate of drug-likeness (QED) is 0.681. The van der Waals surface area contributed by atoms with Crippen LogP contribution < -0.4 is 5.32 Å². The third-order valence-corrected chi connectivity index (χ3v) is 3.04. The normalized spacial score (nSPS) is 26.7. The number of carbonyl (C=O) groups is 1. The van der Waals surface area contributed by atoms with Crippen LogP contribution in [-0.4, -0.2) is 61.5 Å². The number of amides is 1. The van der Waals surface area contributed by atoms with Gasteiger partial charge >= 0.3 is 0 Å². The summed E-state index contributed by atoms with van der Waals surface area (Å²) in [7, 11) is 3.93. The Bertz CT molecular complexity index is 208. The molecule has 0 aromatic heterocycles. The van der Waals surface area contributed by atoms with Crippen molar-refractivity contribution in [1.29, 1.82) is 0 Å². The number of carbonyl (C=O) groups excluding carboxylic acids is 1. The first-order valence-corrected chi connectivity index (χ1v) is 5.22. The van der Waals surface area contributed by atoms with Crippen molar-refractivity contribution < 1.29 is 4.79 Å². The lowest BCUT2D eigenvalue weighted by Gasteiger charge is -2.38. The van der Waals surface area contributed by atoms with E-state index in [1.54, 1.807) is 0 Å². The van der Waals surface area contributed by atoms with E-state index >= 15 is 0 Å². The zero-order chi connectivity index (χ0) is 10.7. The minimum absolute atomic E-state index is 0.0350. The summed E-state index contributed by atoms with van der Waals surface area (Å²) in [4.78, 5) is 15.9. The molecule has 0 spiro atoms. The molecular weight excluding hydrogens is 178 g/mol. The third-order valence-electron chi connectivity index (χ3n) is 3.04. The molecule has 0 radical (unpaired) electrons. The summed E-state index contributed by atoms with van der Waals surface area (Å²) in [5.41, 5.74) is 0. The highest BCUT2D eigenvalue weighted by molar-refractivity contribution is 5.82. The molecule has 1 aliphatic heterocycles. The Hall–Kier alpha value is -0.610. The van der Waals surface area contributed by atoms with Crippen LogP contribution in [0.4, 0.5) is 0 Å². The number of rotatable bonds is 3. The predicted octanol–water partition coefficient (Wildman–Crippen LogP) is -0.243. The van der Waals surface area contributed by atoms with Gasteiger partial charge in [0, 0.05) is 25.7 Å². The van der Waals surface area contributed by atoms with E-state index in [0.29, 0.717) is 6.04 Å². The van der Waals surface area contributed by atoms with Crippen molar-refractivity contribution in [1.82, 2.24) is 15.1 Å². The molecule has 0 saturated carbocycles. The first-order valence-electron chi connectivity index (χ1n) is 5.22. The second-order valence-corrected chi connectivity index (χ2v) is 4.13. The molecule has 2 atom stereocenters. The van der Waals surface area contributed by atoms with Crippen molar-refractivity contribution in [3.05, 3.63) is 0 Å². The van der Waals surface area contributed by atoms with Gasteiger partial charge in [0.2, 0.25) is 5.91 Å². The van der Waals surface area contributed by atoms with Gasteiger partial charge in [0.1, 0.15) is 0 Å². The van der Waals surface area contributed by atoms with Crippen LogP contribution in [0.25, 0.3) is 0 Å². The average Bonchev–Trinajstić information content (AvgIpc) is 2.19. The van der Waals surface area contributed by atoms with Crippen LogP contribution in [0.15, 0.2) is 0 Å². The third kappa shape index (κ3) is 2.45. The van der Waals surface area contributed by atoms with E-state index in [-0.39, 0.29) is 11.9 Å². The highest BCUT2D eigenvalue weighted by Gasteiger charge is 2.29. The van der Waals surface area contributed by atoms with Crippen LogP contribution in [0.2, 0.25) is 0 Å². The zero-order valence-electron chi connectivity index (χ0n) is 9.58. The Morgan fingerprint density at radius 3 is 2.79 bits per heavy atom. The summed E-state index contributed by atoms with van der Waals surface area (Å²) in [6.07, 6.45) is 0. The van der Waals surface area contributed by atoms with Gasteiger partial charge in [-0.25, -0.2) is 0 Å². The molecule has 0 bridgehead atoms.